The molecule has 9 heteroatoms. The van der Waals surface area contributed by atoms with E-state index >= 15 is 0 Å². The average molecular weight is 343 g/mol. The van der Waals surface area contributed by atoms with E-state index in [9.17, 15) is 18.0 Å². The molecule has 2 rings (SSSR count). The third-order valence-corrected chi connectivity index (χ3v) is 3.18. The number of hydrogen-bond donors (Lipinski definition) is 1. The molecular formula is C15H16F3N3O3. The van der Waals surface area contributed by atoms with Crippen LogP contribution in [-0.4, -0.2) is 29.8 Å². The van der Waals surface area contributed by atoms with Gasteiger partial charge in [0.25, 0.3) is 0 Å². The number of rotatable bonds is 6. The molecule has 0 saturated heterocycles. The van der Waals surface area contributed by atoms with E-state index in [1.165, 1.54) is 6.07 Å². The number of ether oxygens (including phenoxy) is 1. The summed E-state index contributed by atoms with van der Waals surface area (Å²) < 4.78 is 46.5. The van der Waals surface area contributed by atoms with Crippen molar-refractivity contribution in [2.75, 3.05) is 19.0 Å². The normalized spacial score (nSPS) is 11.5. The lowest BCUT2D eigenvalue weighted by Crippen LogP contribution is -2.13. The fourth-order valence-electron chi connectivity index (χ4n) is 1.99. The number of nitrogens with zero attached hydrogens (tertiary/aromatic N) is 2. The quantitative estimate of drug-likeness (QED) is 0.813. The molecule has 24 heavy (non-hydrogen) atoms. The van der Waals surface area contributed by atoms with Gasteiger partial charge in [0.2, 0.25) is 11.7 Å². The minimum atomic E-state index is -4.68. The van der Waals surface area contributed by atoms with Crippen molar-refractivity contribution in [2.45, 2.75) is 25.9 Å². The monoisotopic (exact) mass is 343 g/mol. The molecule has 0 aliphatic rings. The predicted molar refractivity (Wildman–Crippen MR) is 79.2 cm³/mol. The van der Waals surface area contributed by atoms with Crippen LogP contribution >= 0.6 is 0 Å². The van der Waals surface area contributed by atoms with Crippen molar-refractivity contribution in [3.63, 3.8) is 0 Å². The summed E-state index contributed by atoms with van der Waals surface area (Å²) in [6.45, 7) is 2.21. The zero-order valence-corrected chi connectivity index (χ0v) is 13.1. The van der Waals surface area contributed by atoms with E-state index in [4.69, 9.17) is 4.74 Å². The second-order valence-corrected chi connectivity index (χ2v) is 5.10. The minimum absolute atomic E-state index is 0.164. The molecule has 1 N–H and O–H groups in total. The lowest BCUT2D eigenvalue weighted by molar-refractivity contribution is -0.159. The highest BCUT2D eigenvalue weighted by Crippen LogP contribution is 2.30. The molecule has 0 spiro atoms. The number of alkyl halides is 3. The van der Waals surface area contributed by atoms with Crippen LogP contribution in [0.5, 0.6) is 0 Å². The highest BCUT2D eigenvalue weighted by atomic mass is 19.4. The van der Waals surface area contributed by atoms with Gasteiger partial charge in [0, 0.05) is 31.4 Å². The first-order valence-electron chi connectivity index (χ1n) is 7.12. The second-order valence-electron chi connectivity index (χ2n) is 5.10. The third kappa shape index (κ3) is 4.54. The number of aromatic nitrogens is 2. The molecule has 0 aliphatic heterocycles. The van der Waals surface area contributed by atoms with Crippen LogP contribution in [0.3, 0.4) is 0 Å². The number of benzene rings is 1. The van der Waals surface area contributed by atoms with E-state index in [-0.39, 0.29) is 11.7 Å². The number of carbonyl (C=O) groups excluding carboxylic acids is 1. The maximum atomic E-state index is 12.5. The topological polar surface area (TPSA) is 77.2 Å². The van der Waals surface area contributed by atoms with Crippen LogP contribution in [0.2, 0.25) is 0 Å². The van der Waals surface area contributed by atoms with E-state index in [0.29, 0.717) is 36.3 Å². The van der Waals surface area contributed by atoms with Gasteiger partial charge in [-0.2, -0.15) is 18.2 Å². The SMILES string of the molecule is COCCCC(=O)Nc1ccc(-c2noc(C(F)(F)F)n2)cc1C. The van der Waals surface area contributed by atoms with Crippen molar-refractivity contribution in [1.82, 2.24) is 10.1 Å². The van der Waals surface area contributed by atoms with Crippen molar-refractivity contribution in [3.8, 4) is 11.4 Å². The van der Waals surface area contributed by atoms with Crippen LogP contribution in [0, 0.1) is 6.92 Å². The van der Waals surface area contributed by atoms with E-state index < -0.39 is 12.1 Å². The number of aryl methyl sites for hydroxylation is 1. The Morgan fingerprint density at radius 2 is 2.12 bits per heavy atom. The third-order valence-electron chi connectivity index (χ3n) is 3.18. The summed E-state index contributed by atoms with van der Waals surface area (Å²) in [5.41, 5.74) is 1.61. The van der Waals surface area contributed by atoms with Crippen molar-refractivity contribution in [2.24, 2.45) is 0 Å². The highest BCUT2D eigenvalue weighted by Gasteiger charge is 2.38. The Balaban J connectivity index is 2.09. The Bertz CT molecular complexity index is 713. The molecule has 0 bridgehead atoms. The van der Waals surface area contributed by atoms with Crippen LogP contribution in [0.1, 0.15) is 24.3 Å². The largest absolute Gasteiger partial charge is 0.471 e. The summed E-state index contributed by atoms with van der Waals surface area (Å²) in [6.07, 6.45) is -3.77. The van der Waals surface area contributed by atoms with Gasteiger partial charge in [-0.15, -0.1) is 0 Å². The van der Waals surface area contributed by atoms with Crippen LogP contribution in [0.4, 0.5) is 18.9 Å². The van der Waals surface area contributed by atoms with E-state index in [0.717, 1.165) is 0 Å². The molecule has 1 heterocycles. The number of methoxy groups -OCH3 is 1. The number of nitrogens with one attached hydrogen (secondary N) is 1. The molecule has 0 saturated carbocycles. The molecule has 0 aliphatic carbocycles. The Morgan fingerprint density at radius 1 is 1.38 bits per heavy atom. The summed E-state index contributed by atoms with van der Waals surface area (Å²) >= 11 is 0. The molecule has 1 aromatic heterocycles. The predicted octanol–water partition coefficient (Wildman–Crippen LogP) is 3.43. The van der Waals surface area contributed by atoms with Gasteiger partial charge in [0.05, 0.1) is 0 Å². The molecule has 0 fully saturated rings. The van der Waals surface area contributed by atoms with Gasteiger partial charge in [-0.1, -0.05) is 5.16 Å². The molecule has 130 valence electrons. The van der Waals surface area contributed by atoms with Crippen molar-refractivity contribution < 1.29 is 27.2 Å². The van der Waals surface area contributed by atoms with Crippen LogP contribution in [0.25, 0.3) is 11.4 Å². The standard InChI is InChI=1S/C15H16F3N3O3/c1-9-8-10(13-20-14(24-21-13)15(16,17)18)5-6-11(9)19-12(22)4-3-7-23-2/h5-6,8H,3-4,7H2,1-2H3,(H,19,22). The summed E-state index contributed by atoms with van der Waals surface area (Å²) in [4.78, 5) is 15.1. The van der Waals surface area contributed by atoms with Gasteiger partial charge in [-0.05, 0) is 37.1 Å². The number of hydrogen-bond acceptors (Lipinski definition) is 5. The number of carbonyl (C=O) groups is 1. The molecular weight excluding hydrogens is 327 g/mol. The van der Waals surface area contributed by atoms with Gasteiger partial charge < -0.3 is 14.6 Å². The van der Waals surface area contributed by atoms with E-state index in [1.54, 1.807) is 26.2 Å². The maximum Gasteiger partial charge on any atom is 0.471 e. The van der Waals surface area contributed by atoms with Gasteiger partial charge in [-0.25, -0.2) is 0 Å². The summed E-state index contributed by atoms with van der Waals surface area (Å²) in [7, 11) is 1.56. The fourth-order valence-corrected chi connectivity index (χ4v) is 1.99. The summed E-state index contributed by atoms with van der Waals surface area (Å²) in [5, 5.41) is 6.07. The van der Waals surface area contributed by atoms with Crippen molar-refractivity contribution in [3.05, 3.63) is 29.7 Å². The van der Waals surface area contributed by atoms with Crippen molar-refractivity contribution in [1.29, 1.82) is 0 Å². The second kappa shape index (κ2) is 7.43. The molecule has 0 radical (unpaired) electrons. The molecule has 1 amide bonds. The first kappa shape index (κ1) is 17.9. The zero-order chi connectivity index (χ0) is 17.7. The number of anilines is 1. The Hall–Kier alpha value is -2.42. The molecule has 2 aromatic rings. The molecule has 1 aromatic carbocycles. The van der Waals surface area contributed by atoms with Crippen LogP contribution in [-0.2, 0) is 15.7 Å². The Morgan fingerprint density at radius 3 is 2.71 bits per heavy atom. The van der Waals surface area contributed by atoms with Gasteiger partial charge in [0.15, 0.2) is 0 Å². The van der Waals surface area contributed by atoms with Crippen LogP contribution < -0.4 is 5.32 Å². The molecule has 0 unspecified atom stereocenters. The van der Waals surface area contributed by atoms with Crippen molar-refractivity contribution >= 4 is 11.6 Å². The Labute approximate surface area is 136 Å². The fraction of sp³-hybridized carbons (Fsp3) is 0.400. The average Bonchev–Trinajstić information content (AvgIpc) is 2.99. The lowest BCUT2D eigenvalue weighted by Gasteiger charge is -2.09. The van der Waals surface area contributed by atoms with Crippen LogP contribution in [0.15, 0.2) is 22.7 Å². The summed E-state index contributed by atoms with van der Waals surface area (Å²) in [6, 6.07) is 4.68. The van der Waals surface area contributed by atoms with Gasteiger partial charge in [0.1, 0.15) is 0 Å². The summed E-state index contributed by atoms with van der Waals surface area (Å²) in [5.74, 6) is -1.73. The number of halogens is 3. The van der Waals surface area contributed by atoms with Gasteiger partial charge >= 0.3 is 12.1 Å². The van der Waals surface area contributed by atoms with Gasteiger partial charge in [-0.3, -0.25) is 4.79 Å². The number of amides is 1. The lowest BCUT2D eigenvalue weighted by atomic mass is 10.1. The highest BCUT2D eigenvalue weighted by molar-refractivity contribution is 5.91. The first-order valence-corrected chi connectivity index (χ1v) is 7.12. The first-order chi connectivity index (χ1) is 11.3. The Kier molecular flexibility index (Phi) is 5.55. The maximum absolute atomic E-state index is 12.5. The molecule has 0 atom stereocenters. The molecule has 6 nitrogen and oxygen atoms in total. The zero-order valence-electron chi connectivity index (χ0n) is 13.1. The minimum Gasteiger partial charge on any atom is -0.385 e. The smallest absolute Gasteiger partial charge is 0.385 e. The van der Waals surface area contributed by atoms with E-state index in [1.807, 2.05) is 0 Å². The van der Waals surface area contributed by atoms with E-state index in [2.05, 4.69) is 20.0 Å².